The van der Waals surface area contributed by atoms with Crippen LogP contribution in [0.4, 0.5) is 17.1 Å². The second kappa shape index (κ2) is 12.8. The normalized spacial score (nSPS) is 12.8. The highest BCUT2D eigenvalue weighted by molar-refractivity contribution is 5.96. The molecule has 0 fully saturated rings. The Kier molecular flexibility index (Phi) is 8.26. The van der Waals surface area contributed by atoms with Crippen LogP contribution >= 0.6 is 0 Å². The fourth-order valence-corrected chi connectivity index (χ4v) is 8.53. The second-order valence-electron chi connectivity index (χ2n) is 15.3. The van der Waals surface area contributed by atoms with Crippen molar-refractivity contribution in [2.24, 2.45) is 0 Å². The molecule has 0 atom stereocenters. The molecule has 0 aromatic heterocycles. The maximum absolute atomic E-state index is 2.47. The number of para-hydroxylation sites is 1. The van der Waals surface area contributed by atoms with Gasteiger partial charge in [0.25, 0.3) is 0 Å². The van der Waals surface area contributed by atoms with Gasteiger partial charge in [-0.3, -0.25) is 0 Å². The summed E-state index contributed by atoms with van der Waals surface area (Å²) in [5, 5.41) is 0. The molecule has 256 valence electrons. The third-order valence-corrected chi connectivity index (χ3v) is 11.5. The van der Waals surface area contributed by atoms with Gasteiger partial charge in [-0.05, 0) is 167 Å². The molecule has 1 nitrogen and oxygen atoms in total. The minimum Gasteiger partial charge on any atom is -0.310 e. The first kappa shape index (κ1) is 33.5. The molecule has 0 unspecified atom stereocenters. The van der Waals surface area contributed by atoms with E-state index in [1.807, 2.05) is 0 Å². The van der Waals surface area contributed by atoms with Crippen molar-refractivity contribution in [2.75, 3.05) is 4.90 Å². The summed E-state index contributed by atoms with van der Waals surface area (Å²) >= 11 is 0. The van der Waals surface area contributed by atoms with E-state index in [-0.39, 0.29) is 5.41 Å². The van der Waals surface area contributed by atoms with Crippen LogP contribution in [-0.4, -0.2) is 0 Å². The highest BCUT2D eigenvalue weighted by Gasteiger charge is 2.38. The lowest BCUT2D eigenvalue weighted by molar-refractivity contribution is 0.660. The fourth-order valence-electron chi connectivity index (χ4n) is 8.53. The summed E-state index contributed by atoms with van der Waals surface area (Å²) < 4.78 is 0. The number of fused-ring (bicyclic) bond motifs is 3. The standard InChI is InChI=1S/C51H47N/c1-32-15-9-12-18-41(32)44-30-39(23-21-34(44)3)38-24-28-48(37(6)29-38)52(47-20-14-11-17-35(47)4)40-25-26-43-46(31-40)51(7,8)45-27-22-36(5)49(50(43)45)42-19-13-10-16-33(42)2/h9-31H,1-8H3. The van der Waals surface area contributed by atoms with Crippen LogP contribution in [0.5, 0.6) is 0 Å². The third-order valence-electron chi connectivity index (χ3n) is 11.5. The molecule has 1 aliphatic carbocycles. The summed E-state index contributed by atoms with van der Waals surface area (Å²) in [6.07, 6.45) is 0. The summed E-state index contributed by atoms with van der Waals surface area (Å²) in [4.78, 5) is 2.47. The van der Waals surface area contributed by atoms with Crippen LogP contribution in [0, 0.1) is 41.5 Å². The molecule has 0 saturated heterocycles. The summed E-state index contributed by atoms with van der Waals surface area (Å²) in [5.74, 6) is 0. The summed E-state index contributed by atoms with van der Waals surface area (Å²) in [5.41, 5.74) is 24.3. The largest absolute Gasteiger partial charge is 0.310 e. The zero-order valence-corrected chi connectivity index (χ0v) is 31.7. The van der Waals surface area contributed by atoms with Crippen molar-refractivity contribution in [2.45, 2.75) is 60.8 Å². The SMILES string of the molecule is Cc1ccccc1-c1cc(-c2ccc(N(c3ccc4c(c3)C(C)(C)c3ccc(C)c(-c5ccccc5C)c3-4)c3ccccc3C)c(C)c2)ccc1C. The van der Waals surface area contributed by atoms with Crippen molar-refractivity contribution in [1.82, 2.24) is 0 Å². The number of nitrogens with zero attached hydrogens (tertiary/aromatic N) is 1. The number of benzene rings is 7. The van der Waals surface area contributed by atoms with Crippen LogP contribution in [0.1, 0.15) is 58.4 Å². The van der Waals surface area contributed by atoms with Gasteiger partial charge < -0.3 is 4.90 Å². The van der Waals surface area contributed by atoms with E-state index < -0.39 is 0 Å². The monoisotopic (exact) mass is 673 g/mol. The van der Waals surface area contributed by atoms with Crippen molar-refractivity contribution >= 4 is 17.1 Å². The number of aryl methyl sites for hydroxylation is 6. The lowest BCUT2D eigenvalue weighted by Crippen LogP contribution is -2.17. The van der Waals surface area contributed by atoms with Gasteiger partial charge in [-0.2, -0.15) is 0 Å². The molecule has 8 rings (SSSR count). The van der Waals surface area contributed by atoms with Gasteiger partial charge in [-0.1, -0.05) is 117 Å². The van der Waals surface area contributed by atoms with Gasteiger partial charge in [0.1, 0.15) is 0 Å². The van der Waals surface area contributed by atoms with E-state index >= 15 is 0 Å². The van der Waals surface area contributed by atoms with E-state index in [0.717, 1.165) is 0 Å². The summed E-state index contributed by atoms with van der Waals surface area (Å²) in [6.45, 7) is 18.2. The molecule has 0 aliphatic heterocycles. The second-order valence-corrected chi connectivity index (χ2v) is 15.3. The van der Waals surface area contributed by atoms with E-state index in [0.29, 0.717) is 0 Å². The summed E-state index contributed by atoms with van der Waals surface area (Å²) in [7, 11) is 0. The molecule has 0 radical (unpaired) electrons. The van der Waals surface area contributed by atoms with Crippen molar-refractivity contribution in [1.29, 1.82) is 0 Å². The van der Waals surface area contributed by atoms with Gasteiger partial charge in [0.15, 0.2) is 0 Å². The first-order valence-corrected chi connectivity index (χ1v) is 18.5. The Hall–Kier alpha value is -5.66. The van der Waals surface area contributed by atoms with E-state index in [4.69, 9.17) is 0 Å². The molecule has 0 N–H and O–H groups in total. The van der Waals surface area contributed by atoms with Crippen LogP contribution < -0.4 is 4.90 Å². The van der Waals surface area contributed by atoms with E-state index in [9.17, 15) is 0 Å². The van der Waals surface area contributed by atoms with Gasteiger partial charge in [-0.15, -0.1) is 0 Å². The molecular formula is C51H47N. The van der Waals surface area contributed by atoms with Crippen molar-refractivity contribution in [3.05, 3.63) is 184 Å². The van der Waals surface area contributed by atoms with Crippen LogP contribution in [0.3, 0.4) is 0 Å². The van der Waals surface area contributed by atoms with E-state index in [1.54, 1.807) is 0 Å². The summed E-state index contributed by atoms with van der Waals surface area (Å²) in [6, 6.07) is 52.0. The molecule has 7 aromatic rings. The lowest BCUT2D eigenvalue weighted by Gasteiger charge is -2.30. The predicted molar refractivity (Wildman–Crippen MR) is 223 cm³/mol. The third kappa shape index (κ3) is 5.47. The van der Waals surface area contributed by atoms with Crippen LogP contribution in [0.25, 0.3) is 44.5 Å². The number of hydrogen-bond donors (Lipinski definition) is 0. The number of anilines is 3. The quantitative estimate of drug-likeness (QED) is 0.170. The van der Waals surface area contributed by atoms with Gasteiger partial charge in [0, 0.05) is 22.5 Å². The molecular weight excluding hydrogens is 627 g/mol. The Bertz CT molecular complexity index is 2510. The van der Waals surface area contributed by atoms with Gasteiger partial charge in [0.2, 0.25) is 0 Å². The van der Waals surface area contributed by atoms with E-state index in [1.165, 1.54) is 106 Å². The van der Waals surface area contributed by atoms with Gasteiger partial charge >= 0.3 is 0 Å². The van der Waals surface area contributed by atoms with Crippen LogP contribution in [-0.2, 0) is 5.41 Å². The first-order valence-electron chi connectivity index (χ1n) is 18.5. The maximum Gasteiger partial charge on any atom is 0.0491 e. The van der Waals surface area contributed by atoms with Gasteiger partial charge in [-0.25, -0.2) is 0 Å². The average molecular weight is 674 g/mol. The molecule has 1 aliphatic rings. The Morgan fingerprint density at radius 3 is 1.63 bits per heavy atom. The molecule has 1 heteroatoms. The Morgan fingerprint density at radius 1 is 0.365 bits per heavy atom. The van der Waals surface area contributed by atoms with Crippen molar-refractivity contribution < 1.29 is 0 Å². The molecule has 0 heterocycles. The van der Waals surface area contributed by atoms with E-state index in [2.05, 4.69) is 200 Å². The van der Waals surface area contributed by atoms with Crippen LogP contribution in [0.15, 0.2) is 140 Å². The molecule has 0 amide bonds. The average Bonchev–Trinajstić information content (AvgIpc) is 3.36. The Labute approximate surface area is 310 Å². The maximum atomic E-state index is 2.47. The fraction of sp³-hybridized carbons (Fsp3) is 0.176. The number of hydrogen-bond acceptors (Lipinski definition) is 1. The zero-order valence-electron chi connectivity index (χ0n) is 31.7. The smallest absolute Gasteiger partial charge is 0.0491 e. The van der Waals surface area contributed by atoms with Crippen molar-refractivity contribution in [3.63, 3.8) is 0 Å². The zero-order chi connectivity index (χ0) is 36.3. The minimum atomic E-state index is -0.150. The lowest BCUT2D eigenvalue weighted by atomic mass is 9.81. The topological polar surface area (TPSA) is 3.24 Å². The molecule has 52 heavy (non-hydrogen) atoms. The predicted octanol–water partition coefficient (Wildman–Crippen LogP) is 14.3. The minimum absolute atomic E-state index is 0.150. The molecule has 0 saturated carbocycles. The highest BCUT2D eigenvalue weighted by atomic mass is 15.1. The van der Waals surface area contributed by atoms with Crippen molar-refractivity contribution in [3.8, 4) is 44.5 Å². The molecule has 7 aromatic carbocycles. The Morgan fingerprint density at radius 2 is 0.942 bits per heavy atom. The Balaban J connectivity index is 1.26. The number of rotatable bonds is 6. The highest BCUT2D eigenvalue weighted by Crippen LogP contribution is 2.55. The first-order chi connectivity index (χ1) is 25.0. The molecule has 0 bridgehead atoms. The van der Waals surface area contributed by atoms with Gasteiger partial charge in [0.05, 0.1) is 0 Å². The van der Waals surface area contributed by atoms with Crippen LogP contribution in [0.2, 0.25) is 0 Å². The molecule has 0 spiro atoms.